The van der Waals surface area contributed by atoms with Crippen molar-refractivity contribution in [2.75, 3.05) is 7.11 Å². The zero-order valence-corrected chi connectivity index (χ0v) is 12.6. The summed E-state index contributed by atoms with van der Waals surface area (Å²) in [6.07, 6.45) is 0. The molecule has 0 aliphatic rings. The maximum absolute atomic E-state index is 13.3. The normalized spacial score (nSPS) is 10.6. The molecule has 0 saturated carbocycles. The molecule has 0 bridgehead atoms. The van der Waals surface area contributed by atoms with Gasteiger partial charge in [-0.2, -0.15) is 0 Å². The van der Waals surface area contributed by atoms with Crippen LogP contribution in [0, 0.1) is 5.82 Å². The average Bonchev–Trinajstić information content (AvgIpc) is 2.96. The third kappa shape index (κ3) is 2.51. The number of carbonyl (C=O) groups excluding carboxylic acids is 1. The average molecular weight is 313 g/mol. The summed E-state index contributed by atoms with van der Waals surface area (Å²) in [7, 11) is 1.34. The van der Waals surface area contributed by atoms with Gasteiger partial charge in [0, 0.05) is 11.6 Å². The molecule has 0 unspecified atom stereocenters. The van der Waals surface area contributed by atoms with Crippen LogP contribution < -0.4 is 0 Å². The third-order valence-corrected chi connectivity index (χ3v) is 4.36. The van der Waals surface area contributed by atoms with Gasteiger partial charge in [0.05, 0.1) is 22.9 Å². The Morgan fingerprint density at radius 3 is 2.68 bits per heavy atom. The largest absolute Gasteiger partial charge is 0.465 e. The number of aromatic nitrogens is 1. The summed E-state index contributed by atoms with van der Waals surface area (Å²) in [6.45, 7) is 4.04. The first-order chi connectivity index (χ1) is 10.6. The Labute approximate surface area is 130 Å². The number of carbonyl (C=O) groups is 1. The highest BCUT2D eigenvalue weighted by molar-refractivity contribution is 7.19. The molecule has 110 valence electrons. The Bertz CT molecular complexity index is 885. The van der Waals surface area contributed by atoms with Gasteiger partial charge >= 0.3 is 5.97 Å². The Kier molecular flexibility index (Phi) is 3.73. The smallest absolute Gasteiger partial charge is 0.338 e. The number of esters is 1. The molecule has 5 heteroatoms. The number of fused-ring (bicyclic) bond motifs is 1. The van der Waals surface area contributed by atoms with Crippen LogP contribution in [-0.2, 0) is 4.74 Å². The van der Waals surface area contributed by atoms with Gasteiger partial charge < -0.3 is 4.74 Å². The number of hydrogen-bond acceptors (Lipinski definition) is 4. The van der Waals surface area contributed by atoms with Crippen LogP contribution in [0.3, 0.4) is 0 Å². The molecule has 0 atom stereocenters. The molecule has 0 saturated heterocycles. The van der Waals surface area contributed by atoms with Crippen molar-refractivity contribution in [1.82, 2.24) is 4.98 Å². The summed E-state index contributed by atoms with van der Waals surface area (Å²) in [6, 6.07) is 11.5. The first-order valence-corrected chi connectivity index (χ1v) is 7.35. The van der Waals surface area contributed by atoms with E-state index in [1.165, 1.54) is 30.6 Å². The predicted octanol–water partition coefficient (Wildman–Crippen LogP) is 4.28. The van der Waals surface area contributed by atoms with Crippen LogP contribution in [0.2, 0.25) is 0 Å². The van der Waals surface area contributed by atoms with E-state index in [-0.39, 0.29) is 5.82 Å². The van der Waals surface area contributed by atoms with E-state index in [9.17, 15) is 9.18 Å². The lowest BCUT2D eigenvalue weighted by Gasteiger charge is -2.08. The van der Waals surface area contributed by atoms with Gasteiger partial charge in [0.2, 0.25) is 0 Å². The fourth-order valence-electron chi connectivity index (χ4n) is 2.18. The molecule has 3 nitrogen and oxygen atoms in total. The minimum absolute atomic E-state index is 0.329. The van der Waals surface area contributed by atoms with Crippen LogP contribution in [0.4, 0.5) is 4.39 Å². The zero-order valence-electron chi connectivity index (χ0n) is 11.8. The van der Waals surface area contributed by atoms with Crippen LogP contribution >= 0.6 is 11.3 Å². The Hall–Kier alpha value is -2.53. The molecule has 1 heterocycles. The lowest BCUT2D eigenvalue weighted by molar-refractivity contribution is 0.0600. The molecule has 0 radical (unpaired) electrons. The quantitative estimate of drug-likeness (QED) is 0.677. The third-order valence-electron chi connectivity index (χ3n) is 3.27. The van der Waals surface area contributed by atoms with Crippen molar-refractivity contribution in [3.8, 4) is 0 Å². The first kappa shape index (κ1) is 14.4. The van der Waals surface area contributed by atoms with Gasteiger partial charge in [-0.3, -0.25) is 0 Å². The number of benzene rings is 2. The van der Waals surface area contributed by atoms with Crippen LogP contribution in [0.1, 0.15) is 20.9 Å². The van der Waals surface area contributed by atoms with Gasteiger partial charge in [-0.25, -0.2) is 14.2 Å². The molecule has 0 aliphatic carbocycles. The molecule has 0 fully saturated rings. The van der Waals surface area contributed by atoms with E-state index in [0.29, 0.717) is 27.2 Å². The predicted molar refractivity (Wildman–Crippen MR) is 85.5 cm³/mol. The molecule has 0 spiro atoms. The van der Waals surface area contributed by atoms with Crippen LogP contribution in [-0.4, -0.2) is 18.1 Å². The summed E-state index contributed by atoms with van der Waals surface area (Å²) >= 11 is 1.41. The van der Waals surface area contributed by atoms with Gasteiger partial charge in [0.15, 0.2) is 0 Å². The molecule has 3 rings (SSSR count). The highest BCUT2D eigenvalue weighted by atomic mass is 32.1. The molecule has 3 aromatic rings. The number of nitrogens with zero attached hydrogens (tertiary/aromatic N) is 1. The zero-order chi connectivity index (χ0) is 15.7. The summed E-state index contributed by atoms with van der Waals surface area (Å²) in [4.78, 5) is 16.3. The number of halogens is 1. The Morgan fingerprint density at radius 2 is 1.95 bits per heavy atom. The summed E-state index contributed by atoms with van der Waals surface area (Å²) < 4.78 is 18.9. The van der Waals surface area contributed by atoms with E-state index in [0.717, 1.165) is 4.70 Å². The second-order valence-electron chi connectivity index (χ2n) is 4.65. The molecule has 2 aromatic carbocycles. The van der Waals surface area contributed by atoms with Crippen molar-refractivity contribution in [3.63, 3.8) is 0 Å². The van der Waals surface area contributed by atoms with Crippen LogP contribution in [0.15, 0.2) is 49.0 Å². The minimum atomic E-state index is -0.427. The number of hydrogen-bond donors (Lipinski definition) is 0. The molecular formula is C17H12FNO2S. The molecule has 0 amide bonds. The van der Waals surface area contributed by atoms with Gasteiger partial charge in [-0.1, -0.05) is 24.8 Å². The second-order valence-corrected chi connectivity index (χ2v) is 5.68. The molecule has 0 aliphatic heterocycles. The van der Waals surface area contributed by atoms with Gasteiger partial charge in [-0.05, 0) is 23.8 Å². The number of rotatable bonds is 3. The van der Waals surface area contributed by atoms with Crippen molar-refractivity contribution >= 4 is 33.1 Å². The fourth-order valence-corrected chi connectivity index (χ4v) is 3.11. The van der Waals surface area contributed by atoms with Crippen molar-refractivity contribution in [1.29, 1.82) is 0 Å². The van der Waals surface area contributed by atoms with E-state index in [1.807, 2.05) is 6.07 Å². The Balaban J connectivity index is 2.08. The Morgan fingerprint density at radius 1 is 1.23 bits per heavy atom. The second kappa shape index (κ2) is 5.69. The standard InChI is InChI=1S/C17H12FNO2S/c1-10(12-5-3-4-6-13(12)17(20)21-2)16-19-14-9-11(18)7-8-15(14)22-16/h3-9H,1H2,2H3. The minimum Gasteiger partial charge on any atom is -0.465 e. The van der Waals surface area contributed by atoms with E-state index >= 15 is 0 Å². The summed E-state index contributed by atoms with van der Waals surface area (Å²) in [5.74, 6) is -0.756. The number of ether oxygens (including phenoxy) is 1. The highest BCUT2D eigenvalue weighted by Crippen LogP contribution is 2.31. The topological polar surface area (TPSA) is 39.2 Å². The van der Waals surface area contributed by atoms with E-state index < -0.39 is 5.97 Å². The first-order valence-electron chi connectivity index (χ1n) is 6.53. The van der Waals surface area contributed by atoms with E-state index in [4.69, 9.17) is 4.74 Å². The molecule has 0 N–H and O–H groups in total. The van der Waals surface area contributed by atoms with Crippen molar-refractivity contribution in [2.24, 2.45) is 0 Å². The SMILES string of the molecule is C=C(c1nc2cc(F)ccc2s1)c1ccccc1C(=O)OC. The highest BCUT2D eigenvalue weighted by Gasteiger charge is 2.16. The van der Waals surface area contributed by atoms with Gasteiger partial charge in [0.1, 0.15) is 10.8 Å². The number of thiazole rings is 1. The van der Waals surface area contributed by atoms with Crippen LogP contribution in [0.5, 0.6) is 0 Å². The lowest BCUT2D eigenvalue weighted by atomic mass is 10.0. The van der Waals surface area contributed by atoms with E-state index in [1.54, 1.807) is 24.3 Å². The molecule has 1 aromatic heterocycles. The molecule has 22 heavy (non-hydrogen) atoms. The maximum atomic E-state index is 13.3. The van der Waals surface area contributed by atoms with E-state index in [2.05, 4.69) is 11.6 Å². The van der Waals surface area contributed by atoms with Crippen molar-refractivity contribution in [2.45, 2.75) is 0 Å². The lowest BCUT2D eigenvalue weighted by Crippen LogP contribution is -2.05. The van der Waals surface area contributed by atoms with Gasteiger partial charge in [-0.15, -0.1) is 11.3 Å². The number of methoxy groups -OCH3 is 1. The van der Waals surface area contributed by atoms with Crippen molar-refractivity contribution in [3.05, 3.63) is 71.0 Å². The summed E-state index contributed by atoms with van der Waals surface area (Å²) in [5.41, 5.74) is 2.29. The monoisotopic (exact) mass is 313 g/mol. The fraction of sp³-hybridized carbons (Fsp3) is 0.0588. The van der Waals surface area contributed by atoms with Gasteiger partial charge in [0.25, 0.3) is 0 Å². The van der Waals surface area contributed by atoms with Crippen LogP contribution in [0.25, 0.3) is 15.8 Å². The summed E-state index contributed by atoms with van der Waals surface area (Å²) in [5, 5.41) is 0.650. The maximum Gasteiger partial charge on any atom is 0.338 e. The van der Waals surface area contributed by atoms with Crippen molar-refractivity contribution < 1.29 is 13.9 Å². The molecular weight excluding hydrogens is 301 g/mol.